The van der Waals surface area contributed by atoms with Crippen LogP contribution in [0.15, 0.2) is 57.8 Å². The highest BCUT2D eigenvalue weighted by molar-refractivity contribution is 6.37. The molecule has 1 aromatic heterocycles. The molecule has 1 fully saturated rings. The van der Waals surface area contributed by atoms with Gasteiger partial charge >= 0.3 is 0 Å². The molecular formula is C27H32ClN5O3. The van der Waals surface area contributed by atoms with E-state index in [9.17, 15) is 4.79 Å². The van der Waals surface area contributed by atoms with Gasteiger partial charge < -0.3 is 14.6 Å². The second-order valence-electron chi connectivity index (χ2n) is 8.86. The Bertz CT molecular complexity index is 1220. The maximum Gasteiger partial charge on any atom is 0.260 e. The van der Waals surface area contributed by atoms with Gasteiger partial charge in [0.05, 0.1) is 0 Å². The van der Waals surface area contributed by atoms with Gasteiger partial charge in [-0.15, -0.1) is 0 Å². The first-order valence-electron chi connectivity index (χ1n) is 12.3. The highest BCUT2D eigenvalue weighted by Crippen LogP contribution is 2.33. The molecule has 0 atom stereocenters. The van der Waals surface area contributed by atoms with Crippen LogP contribution in [0.1, 0.15) is 51.0 Å². The second-order valence-corrected chi connectivity index (χ2v) is 9.26. The molecule has 1 saturated heterocycles. The first kappa shape index (κ1) is 25.9. The van der Waals surface area contributed by atoms with E-state index in [4.69, 9.17) is 25.9 Å². The van der Waals surface area contributed by atoms with Crippen molar-refractivity contribution in [3.63, 3.8) is 0 Å². The fourth-order valence-electron chi connectivity index (χ4n) is 4.26. The lowest BCUT2D eigenvalue weighted by Crippen LogP contribution is -2.42. The summed E-state index contributed by atoms with van der Waals surface area (Å²) in [5.74, 6) is 1.92. The van der Waals surface area contributed by atoms with E-state index in [1.807, 2.05) is 31.2 Å². The number of hydrogen-bond acceptors (Lipinski definition) is 7. The average Bonchev–Trinajstić information content (AvgIpc) is 3.31. The molecule has 9 heteroatoms. The Labute approximate surface area is 216 Å². The molecule has 1 aromatic carbocycles. The van der Waals surface area contributed by atoms with Gasteiger partial charge in [0.15, 0.2) is 0 Å². The molecule has 36 heavy (non-hydrogen) atoms. The molecule has 2 aromatic rings. The number of nitrogens with zero attached hydrogens (tertiary/aromatic N) is 4. The molecule has 190 valence electrons. The van der Waals surface area contributed by atoms with Crippen LogP contribution in [-0.2, 0) is 9.53 Å². The molecule has 0 radical (unpaired) electrons. The average molecular weight is 510 g/mol. The van der Waals surface area contributed by atoms with Crippen LogP contribution in [0.4, 0.5) is 0 Å². The zero-order chi connectivity index (χ0) is 25.7. The van der Waals surface area contributed by atoms with Gasteiger partial charge in [-0.3, -0.25) is 9.69 Å². The Morgan fingerprint density at radius 1 is 1.36 bits per heavy atom. The number of aryl methyl sites for hydroxylation is 1. The number of allylic oxidation sites excluding steroid dienone is 1. The van der Waals surface area contributed by atoms with Gasteiger partial charge in [0.25, 0.3) is 5.91 Å². The Hall–Kier alpha value is -3.23. The first-order valence-corrected chi connectivity index (χ1v) is 12.7. The van der Waals surface area contributed by atoms with E-state index in [-0.39, 0.29) is 11.9 Å². The van der Waals surface area contributed by atoms with Crippen molar-refractivity contribution in [2.24, 2.45) is 4.99 Å². The topological polar surface area (TPSA) is 92.8 Å². The van der Waals surface area contributed by atoms with E-state index in [0.29, 0.717) is 46.1 Å². The van der Waals surface area contributed by atoms with Crippen LogP contribution in [0.3, 0.4) is 0 Å². The van der Waals surface area contributed by atoms with E-state index >= 15 is 0 Å². The van der Waals surface area contributed by atoms with Crippen molar-refractivity contribution in [1.29, 1.82) is 0 Å². The summed E-state index contributed by atoms with van der Waals surface area (Å²) in [5, 5.41) is 7.78. The van der Waals surface area contributed by atoms with E-state index in [0.717, 1.165) is 50.0 Å². The number of amidine groups is 1. The predicted molar refractivity (Wildman–Crippen MR) is 141 cm³/mol. The molecule has 0 saturated carbocycles. The highest BCUT2D eigenvalue weighted by atomic mass is 35.5. The fourth-order valence-corrected chi connectivity index (χ4v) is 4.54. The van der Waals surface area contributed by atoms with Crippen molar-refractivity contribution in [3.05, 3.63) is 64.8 Å². The second kappa shape index (κ2) is 11.7. The predicted octanol–water partition coefficient (Wildman–Crippen LogP) is 5.31. The number of carbonyl (C=O) groups is 1. The third kappa shape index (κ3) is 5.77. The molecule has 0 unspecified atom stereocenters. The Morgan fingerprint density at radius 3 is 2.78 bits per heavy atom. The largest absolute Gasteiger partial charge is 0.381 e. The summed E-state index contributed by atoms with van der Waals surface area (Å²) in [5.41, 5.74) is 2.72. The number of carbonyl (C=O) groups excluding carboxylic acids is 1. The van der Waals surface area contributed by atoms with E-state index in [1.54, 1.807) is 17.9 Å². The Kier molecular flexibility index (Phi) is 8.38. The number of hydrogen-bond donors (Lipinski definition) is 1. The Morgan fingerprint density at radius 2 is 2.14 bits per heavy atom. The van der Waals surface area contributed by atoms with Crippen LogP contribution in [-0.4, -0.2) is 52.6 Å². The number of aliphatic imine (C=N–C) groups is 1. The van der Waals surface area contributed by atoms with Gasteiger partial charge in [-0.05, 0) is 38.3 Å². The zero-order valence-corrected chi connectivity index (χ0v) is 21.8. The zero-order valence-electron chi connectivity index (χ0n) is 21.0. The molecule has 0 bridgehead atoms. The van der Waals surface area contributed by atoms with Crippen LogP contribution in [0, 0.1) is 6.92 Å². The molecule has 0 aliphatic carbocycles. The number of aromatic nitrogens is 2. The van der Waals surface area contributed by atoms with Crippen molar-refractivity contribution in [2.45, 2.75) is 52.5 Å². The van der Waals surface area contributed by atoms with Crippen molar-refractivity contribution in [2.75, 3.05) is 19.8 Å². The van der Waals surface area contributed by atoms with Crippen LogP contribution < -0.4 is 5.32 Å². The molecule has 4 rings (SSSR count). The van der Waals surface area contributed by atoms with Gasteiger partial charge in [0.2, 0.25) is 11.7 Å². The minimum atomic E-state index is -0.142. The molecule has 3 heterocycles. The SMILES string of the molecule is C=C(/N=C1\C(=C/C)C=C(c2ccc(-c3noc(C)n3)cc2Cl)C(=O)N1CCCC)NC1CCOCC1. The molecule has 8 nitrogen and oxygen atoms in total. The van der Waals surface area contributed by atoms with Crippen LogP contribution >= 0.6 is 11.6 Å². The van der Waals surface area contributed by atoms with Gasteiger partial charge in [-0.1, -0.05) is 54.9 Å². The summed E-state index contributed by atoms with van der Waals surface area (Å²) >= 11 is 6.68. The van der Waals surface area contributed by atoms with Gasteiger partial charge in [-0.25, -0.2) is 4.99 Å². The molecular weight excluding hydrogens is 478 g/mol. The van der Waals surface area contributed by atoms with Crippen molar-refractivity contribution >= 4 is 28.9 Å². The van der Waals surface area contributed by atoms with Crippen LogP contribution in [0.5, 0.6) is 0 Å². The summed E-state index contributed by atoms with van der Waals surface area (Å²) in [7, 11) is 0. The van der Waals surface area contributed by atoms with Crippen LogP contribution in [0.2, 0.25) is 5.02 Å². The molecule has 2 aliphatic rings. The number of amides is 1. The number of benzene rings is 1. The molecule has 2 aliphatic heterocycles. The monoisotopic (exact) mass is 509 g/mol. The lowest BCUT2D eigenvalue weighted by Gasteiger charge is -2.31. The Balaban J connectivity index is 1.67. The normalized spacial score (nSPS) is 19.2. The highest BCUT2D eigenvalue weighted by Gasteiger charge is 2.31. The van der Waals surface area contributed by atoms with E-state index < -0.39 is 0 Å². The molecule has 1 amide bonds. The standard InChI is InChI=1S/C27H32ClN5O3/c1-5-7-12-33-26(30-17(3)29-21-10-13-35-14-11-21)19(6-2)15-23(27(33)34)22-9-8-20(16-24(22)28)25-31-18(4)36-32-25/h6,8-9,15-16,21,29H,3,5,7,10-14H2,1-2,4H3/b19-6-,30-26+. The van der Waals surface area contributed by atoms with Crippen LogP contribution in [0.25, 0.3) is 17.0 Å². The minimum Gasteiger partial charge on any atom is -0.381 e. The number of unbranched alkanes of at least 4 members (excludes halogenated alkanes) is 1. The lowest BCUT2D eigenvalue weighted by atomic mass is 9.95. The summed E-state index contributed by atoms with van der Waals surface area (Å²) in [6.45, 7) is 11.9. The number of halogens is 1. The van der Waals surface area contributed by atoms with E-state index in [1.165, 1.54) is 0 Å². The summed E-state index contributed by atoms with van der Waals surface area (Å²) < 4.78 is 10.5. The summed E-state index contributed by atoms with van der Waals surface area (Å²) in [6.07, 6.45) is 7.41. The van der Waals surface area contributed by atoms with Gasteiger partial charge in [-0.2, -0.15) is 4.98 Å². The van der Waals surface area contributed by atoms with E-state index in [2.05, 4.69) is 29.0 Å². The molecule has 1 N–H and O–H groups in total. The third-order valence-electron chi connectivity index (χ3n) is 6.21. The quantitative estimate of drug-likeness (QED) is 0.518. The number of rotatable bonds is 8. The first-order chi connectivity index (χ1) is 17.4. The van der Waals surface area contributed by atoms with Gasteiger partial charge in [0, 0.05) is 60.0 Å². The third-order valence-corrected chi connectivity index (χ3v) is 6.53. The van der Waals surface area contributed by atoms with Crippen molar-refractivity contribution < 1.29 is 14.1 Å². The maximum atomic E-state index is 13.8. The smallest absolute Gasteiger partial charge is 0.260 e. The minimum absolute atomic E-state index is 0.142. The van der Waals surface area contributed by atoms with Crippen molar-refractivity contribution in [1.82, 2.24) is 20.4 Å². The molecule has 0 spiro atoms. The van der Waals surface area contributed by atoms with Gasteiger partial charge in [0.1, 0.15) is 11.7 Å². The summed E-state index contributed by atoms with van der Waals surface area (Å²) in [4.78, 5) is 24.5. The lowest BCUT2D eigenvalue weighted by molar-refractivity contribution is -0.121. The number of ether oxygens (including phenoxy) is 1. The summed E-state index contributed by atoms with van der Waals surface area (Å²) in [6, 6.07) is 5.69. The fraction of sp³-hybridized carbons (Fsp3) is 0.407. The maximum absolute atomic E-state index is 13.8. The number of nitrogens with one attached hydrogen (secondary N) is 1. The van der Waals surface area contributed by atoms with Crippen molar-refractivity contribution in [3.8, 4) is 11.4 Å².